The highest BCUT2D eigenvalue weighted by molar-refractivity contribution is 9.10. The van der Waals surface area contributed by atoms with Crippen molar-refractivity contribution in [3.63, 3.8) is 0 Å². The number of benzene rings is 3. The van der Waals surface area contributed by atoms with Crippen LogP contribution in [0.5, 0.6) is 0 Å². The molecule has 120 valence electrons. The summed E-state index contributed by atoms with van der Waals surface area (Å²) in [5.74, 6) is 0. The highest BCUT2D eigenvalue weighted by Crippen LogP contribution is 2.28. The van der Waals surface area contributed by atoms with E-state index in [0.717, 1.165) is 26.3 Å². The molecule has 0 aliphatic heterocycles. The second-order valence-electron chi connectivity index (χ2n) is 5.31. The SMILES string of the molecule is Cc1cc(Br)ccc1N=Cc1ccc(Sc2ccc(Cl)cc2)cc1. The van der Waals surface area contributed by atoms with Gasteiger partial charge in [-0.1, -0.05) is 51.4 Å². The predicted octanol–water partition coefficient (Wildman–Crippen LogP) is 7.31. The molecular formula is C20H15BrClNS. The zero-order chi connectivity index (χ0) is 16.9. The summed E-state index contributed by atoms with van der Waals surface area (Å²) in [5.41, 5.74) is 3.21. The molecule has 24 heavy (non-hydrogen) atoms. The lowest BCUT2D eigenvalue weighted by Gasteiger charge is -2.03. The van der Waals surface area contributed by atoms with Crippen molar-refractivity contribution in [1.29, 1.82) is 0 Å². The van der Waals surface area contributed by atoms with Gasteiger partial charge in [-0.15, -0.1) is 0 Å². The summed E-state index contributed by atoms with van der Waals surface area (Å²) in [6, 6.07) is 22.3. The van der Waals surface area contributed by atoms with E-state index in [4.69, 9.17) is 11.6 Å². The monoisotopic (exact) mass is 415 g/mol. The van der Waals surface area contributed by atoms with Crippen molar-refractivity contribution in [3.05, 3.63) is 87.4 Å². The number of rotatable bonds is 4. The van der Waals surface area contributed by atoms with Crippen LogP contribution >= 0.6 is 39.3 Å². The Labute approximate surface area is 159 Å². The van der Waals surface area contributed by atoms with Crippen molar-refractivity contribution < 1.29 is 0 Å². The van der Waals surface area contributed by atoms with E-state index >= 15 is 0 Å². The molecule has 0 aliphatic rings. The fraction of sp³-hybridized carbons (Fsp3) is 0.0500. The van der Waals surface area contributed by atoms with Gasteiger partial charge < -0.3 is 0 Å². The molecule has 4 heteroatoms. The Morgan fingerprint density at radius 3 is 2.17 bits per heavy atom. The van der Waals surface area contributed by atoms with Crippen LogP contribution in [0.15, 0.2) is 86.0 Å². The Morgan fingerprint density at radius 1 is 0.917 bits per heavy atom. The number of hydrogen-bond acceptors (Lipinski definition) is 2. The van der Waals surface area contributed by atoms with E-state index in [0.29, 0.717) is 0 Å². The summed E-state index contributed by atoms with van der Waals surface area (Å²) in [7, 11) is 0. The van der Waals surface area contributed by atoms with Gasteiger partial charge in [0.15, 0.2) is 0 Å². The Bertz CT molecular complexity index is 858. The summed E-state index contributed by atoms with van der Waals surface area (Å²) < 4.78 is 1.07. The molecule has 3 aromatic carbocycles. The number of aryl methyl sites for hydroxylation is 1. The first kappa shape index (κ1) is 17.3. The molecule has 0 heterocycles. The fourth-order valence-electron chi connectivity index (χ4n) is 2.17. The second-order valence-corrected chi connectivity index (χ2v) is 7.81. The predicted molar refractivity (Wildman–Crippen MR) is 108 cm³/mol. The van der Waals surface area contributed by atoms with E-state index in [1.54, 1.807) is 11.8 Å². The molecular weight excluding hydrogens is 402 g/mol. The van der Waals surface area contributed by atoms with Gasteiger partial charge in [-0.05, 0) is 72.6 Å². The largest absolute Gasteiger partial charge is 0.256 e. The number of aliphatic imine (C=N–C) groups is 1. The van der Waals surface area contributed by atoms with Gasteiger partial charge >= 0.3 is 0 Å². The van der Waals surface area contributed by atoms with E-state index in [-0.39, 0.29) is 0 Å². The average Bonchev–Trinajstić information content (AvgIpc) is 2.57. The van der Waals surface area contributed by atoms with E-state index in [2.05, 4.69) is 58.2 Å². The minimum atomic E-state index is 0.758. The summed E-state index contributed by atoms with van der Waals surface area (Å²) in [6.07, 6.45) is 1.90. The first-order valence-corrected chi connectivity index (χ1v) is 9.42. The third-order valence-corrected chi connectivity index (χ3v) is 5.20. The van der Waals surface area contributed by atoms with Crippen molar-refractivity contribution in [1.82, 2.24) is 0 Å². The molecule has 0 radical (unpaired) electrons. The van der Waals surface area contributed by atoms with Crippen LogP contribution in [0.25, 0.3) is 0 Å². The van der Waals surface area contributed by atoms with Crippen LogP contribution in [-0.4, -0.2) is 6.21 Å². The van der Waals surface area contributed by atoms with Crippen molar-refractivity contribution in [2.24, 2.45) is 4.99 Å². The summed E-state index contributed by atoms with van der Waals surface area (Å²) in [5, 5.41) is 0.758. The molecule has 0 bridgehead atoms. The van der Waals surface area contributed by atoms with Gasteiger partial charge in [0.05, 0.1) is 5.69 Å². The standard InChI is InChI=1S/C20H15BrClNS/c1-14-12-16(21)4-11-20(14)23-13-15-2-7-18(8-3-15)24-19-9-5-17(22)6-10-19/h2-13H,1H3. The summed E-state index contributed by atoms with van der Waals surface area (Å²) in [4.78, 5) is 6.93. The van der Waals surface area contributed by atoms with Gasteiger partial charge in [0, 0.05) is 25.5 Å². The van der Waals surface area contributed by atoms with Gasteiger partial charge in [0.1, 0.15) is 0 Å². The molecule has 0 spiro atoms. The third-order valence-electron chi connectivity index (χ3n) is 3.44. The maximum absolute atomic E-state index is 5.91. The van der Waals surface area contributed by atoms with Crippen molar-refractivity contribution in [3.8, 4) is 0 Å². The lowest BCUT2D eigenvalue weighted by Crippen LogP contribution is -1.82. The van der Waals surface area contributed by atoms with Gasteiger partial charge in [0.25, 0.3) is 0 Å². The fourth-order valence-corrected chi connectivity index (χ4v) is 3.59. The van der Waals surface area contributed by atoms with Gasteiger partial charge in [-0.25, -0.2) is 0 Å². The Balaban J connectivity index is 1.70. The van der Waals surface area contributed by atoms with Crippen LogP contribution in [0.1, 0.15) is 11.1 Å². The Hall–Kier alpha value is -1.55. The quantitative estimate of drug-likeness (QED) is 0.406. The van der Waals surface area contributed by atoms with Gasteiger partial charge in [0.2, 0.25) is 0 Å². The maximum Gasteiger partial charge on any atom is 0.0659 e. The van der Waals surface area contributed by atoms with Gasteiger partial charge in [-0.3, -0.25) is 4.99 Å². The summed E-state index contributed by atoms with van der Waals surface area (Å²) >= 11 is 11.1. The minimum absolute atomic E-state index is 0.758. The van der Waals surface area contributed by atoms with Crippen LogP contribution in [-0.2, 0) is 0 Å². The van der Waals surface area contributed by atoms with Crippen LogP contribution in [0.3, 0.4) is 0 Å². The zero-order valence-electron chi connectivity index (χ0n) is 13.0. The van der Waals surface area contributed by atoms with E-state index in [9.17, 15) is 0 Å². The Morgan fingerprint density at radius 2 is 1.54 bits per heavy atom. The number of halogens is 2. The number of nitrogens with zero attached hydrogens (tertiary/aromatic N) is 1. The lowest BCUT2D eigenvalue weighted by molar-refractivity contribution is 1.38. The molecule has 0 N–H and O–H groups in total. The molecule has 0 saturated heterocycles. The van der Waals surface area contributed by atoms with Crippen molar-refractivity contribution >= 4 is 51.2 Å². The topological polar surface area (TPSA) is 12.4 Å². The smallest absolute Gasteiger partial charge is 0.0659 e. The van der Waals surface area contributed by atoms with E-state index < -0.39 is 0 Å². The minimum Gasteiger partial charge on any atom is -0.256 e. The number of hydrogen-bond donors (Lipinski definition) is 0. The molecule has 0 aliphatic carbocycles. The highest BCUT2D eigenvalue weighted by Gasteiger charge is 1.99. The third kappa shape index (κ3) is 4.73. The Kier molecular flexibility index (Phi) is 5.77. The van der Waals surface area contributed by atoms with Crippen molar-refractivity contribution in [2.45, 2.75) is 16.7 Å². The van der Waals surface area contributed by atoms with Crippen LogP contribution in [0, 0.1) is 6.92 Å². The summed E-state index contributed by atoms with van der Waals surface area (Å²) in [6.45, 7) is 2.06. The average molecular weight is 417 g/mol. The first-order valence-electron chi connectivity index (χ1n) is 7.44. The van der Waals surface area contributed by atoms with Crippen LogP contribution in [0.2, 0.25) is 5.02 Å². The molecule has 3 aromatic rings. The molecule has 0 aromatic heterocycles. The van der Waals surface area contributed by atoms with E-state index in [1.807, 2.05) is 42.6 Å². The normalized spacial score (nSPS) is 11.1. The molecule has 1 nitrogen and oxygen atoms in total. The van der Waals surface area contributed by atoms with E-state index in [1.165, 1.54) is 9.79 Å². The van der Waals surface area contributed by atoms with Gasteiger partial charge in [-0.2, -0.15) is 0 Å². The molecule has 3 rings (SSSR count). The highest BCUT2D eigenvalue weighted by atomic mass is 79.9. The molecule has 0 atom stereocenters. The zero-order valence-corrected chi connectivity index (χ0v) is 16.2. The maximum atomic E-state index is 5.91. The molecule has 0 fully saturated rings. The van der Waals surface area contributed by atoms with Crippen LogP contribution < -0.4 is 0 Å². The lowest BCUT2D eigenvalue weighted by atomic mass is 10.2. The second kappa shape index (κ2) is 8.02. The molecule has 0 saturated carbocycles. The first-order chi connectivity index (χ1) is 11.6. The molecule has 0 amide bonds. The molecule has 0 unspecified atom stereocenters. The van der Waals surface area contributed by atoms with Crippen molar-refractivity contribution in [2.75, 3.05) is 0 Å². The van der Waals surface area contributed by atoms with Crippen LogP contribution in [0.4, 0.5) is 5.69 Å².